The van der Waals surface area contributed by atoms with E-state index in [0.717, 1.165) is 23.3 Å². The Morgan fingerprint density at radius 3 is 2.45 bits per heavy atom. The minimum absolute atomic E-state index is 0.00255. The quantitative estimate of drug-likeness (QED) is 0.369. The normalized spacial score (nSPS) is 10.5. The number of thiophene rings is 1. The molecule has 0 spiro atoms. The molecule has 0 aliphatic heterocycles. The summed E-state index contributed by atoms with van der Waals surface area (Å²) in [6, 6.07) is 7.87. The second-order valence-electron chi connectivity index (χ2n) is 7.95. The first-order valence-electron chi connectivity index (χ1n) is 11.3. The fourth-order valence-electron chi connectivity index (χ4n) is 3.49. The maximum Gasteiger partial charge on any atom is 0.242 e. The highest BCUT2D eigenvalue weighted by molar-refractivity contribution is 7.10. The monoisotopic (exact) mass is 472 g/mol. The lowest BCUT2D eigenvalue weighted by atomic mass is 10.1. The molecule has 1 aromatic heterocycles. The highest BCUT2D eigenvalue weighted by Gasteiger charge is 2.21. The molecule has 6 nitrogen and oxygen atoms in total. The van der Waals surface area contributed by atoms with E-state index in [1.807, 2.05) is 28.5 Å². The first-order chi connectivity index (χ1) is 15.9. The molecule has 1 heterocycles. The van der Waals surface area contributed by atoms with E-state index in [-0.39, 0.29) is 18.4 Å². The van der Waals surface area contributed by atoms with Crippen molar-refractivity contribution in [3.05, 3.63) is 58.3 Å². The third-order valence-electron chi connectivity index (χ3n) is 5.55. The Hall–Kier alpha value is -2.80. The van der Waals surface area contributed by atoms with Crippen molar-refractivity contribution in [2.45, 2.75) is 46.1 Å². The van der Waals surface area contributed by atoms with Crippen molar-refractivity contribution in [1.29, 1.82) is 0 Å². The summed E-state index contributed by atoms with van der Waals surface area (Å²) in [7, 11) is 3.22. The third-order valence-corrected chi connectivity index (χ3v) is 6.55. The molecule has 0 radical (unpaired) electrons. The lowest BCUT2D eigenvalue weighted by Crippen LogP contribution is -2.43. The molecular formula is C26H36N2O4S. The van der Waals surface area contributed by atoms with Crippen LogP contribution < -0.4 is 9.47 Å². The molecule has 0 saturated carbocycles. The number of rotatable bonds is 14. The van der Waals surface area contributed by atoms with Crippen molar-refractivity contribution < 1.29 is 19.1 Å². The van der Waals surface area contributed by atoms with E-state index in [1.54, 1.807) is 36.5 Å². The van der Waals surface area contributed by atoms with Gasteiger partial charge in [-0.25, -0.2) is 0 Å². The molecule has 1 aromatic carbocycles. The van der Waals surface area contributed by atoms with Crippen LogP contribution in [-0.2, 0) is 22.6 Å². The Bertz CT molecular complexity index is 925. The van der Waals surface area contributed by atoms with E-state index in [4.69, 9.17) is 9.47 Å². The number of ether oxygens (including phenoxy) is 2. The van der Waals surface area contributed by atoms with E-state index < -0.39 is 0 Å². The summed E-state index contributed by atoms with van der Waals surface area (Å²) in [6.45, 7) is 9.36. The van der Waals surface area contributed by atoms with Crippen LogP contribution in [0.4, 0.5) is 0 Å². The van der Waals surface area contributed by atoms with E-state index in [0.29, 0.717) is 44.0 Å². The van der Waals surface area contributed by atoms with Crippen LogP contribution in [0.5, 0.6) is 11.5 Å². The van der Waals surface area contributed by atoms with Crippen LogP contribution in [0.1, 0.15) is 42.2 Å². The number of nitrogens with zero attached hydrogens (tertiary/aromatic N) is 2. The van der Waals surface area contributed by atoms with Crippen LogP contribution in [0.2, 0.25) is 0 Å². The number of carbonyl (C=O) groups is 2. The number of aryl methyl sites for hydroxylation is 1. The van der Waals surface area contributed by atoms with Gasteiger partial charge in [0, 0.05) is 24.4 Å². The van der Waals surface area contributed by atoms with Gasteiger partial charge in [-0.3, -0.25) is 9.59 Å². The molecule has 180 valence electrons. The van der Waals surface area contributed by atoms with Crippen molar-refractivity contribution in [2.75, 3.05) is 33.9 Å². The number of benzene rings is 1. The van der Waals surface area contributed by atoms with Gasteiger partial charge in [0.05, 0.1) is 20.8 Å². The van der Waals surface area contributed by atoms with Gasteiger partial charge in [-0.05, 0) is 54.5 Å². The average molecular weight is 473 g/mol. The standard InChI is InChI=1S/C26H36N2O4S/c1-6-8-9-25(29)27(14-7-2)19-26(30)28(18-24-20(3)13-16-33-24)15-12-21-10-11-22(31-4)23(17-21)32-5/h7,10-11,13,16-17H,2,6,8-9,12,14-15,18-19H2,1,3-5H3. The van der Waals surface area contributed by atoms with Crippen molar-refractivity contribution >= 4 is 23.2 Å². The summed E-state index contributed by atoms with van der Waals surface area (Å²) in [6.07, 6.45) is 4.55. The average Bonchev–Trinajstić information content (AvgIpc) is 3.23. The fourth-order valence-corrected chi connectivity index (χ4v) is 4.41. The molecule has 0 aliphatic rings. The van der Waals surface area contributed by atoms with Crippen LogP contribution in [0.3, 0.4) is 0 Å². The molecule has 2 aromatic rings. The van der Waals surface area contributed by atoms with Crippen molar-refractivity contribution in [3.8, 4) is 11.5 Å². The number of unbranched alkanes of at least 4 members (excludes halogenated alkanes) is 1. The second kappa shape index (κ2) is 13.7. The number of hydrogen-bond donors (Lipinski definition) is 0. The summed E-state index contributed by atoms with van der Waals surface area (Å²) < 4.78 is 10.7. The van der Waals surface area contributed by atoms with Gasteiger partial charge in [0.1, 0.15) is 6.54 Å². The van der Waals surface area contributed by atoms with Crippen LogP contribution in [0, 0.1) is 6.92 Å². The predicted molar refractivity (Wildman–Crippen MR) is 134 cm³/mol. The molecular weight excluding hydrogens is 436 g/mol. The number of methoxy groups -OCH3 is 2. The third kappa shape index (κ3) is 7.93. The molecule has 2 rings (SSSR count). The first-order valence-corrected chi connectivity index (χ1v) is 12.2. The Labute approximate surface area is 201 Å². The van der Waals surface area contributed by atoms with E-state index >= 15 is 0 Å². The van der Waals surface area contributed by atoms with Gasteiger partial charge in [0.25, 0.3) is 0 Å². The van der Waals surface area contributed by atoms with Crippen molar-refractivity contribution in [1.82, 2.24) is 9.80 Å². The van der Waals surface area contributed by atoms with Gasteiger partial charge in [-0.2, -0.15) is 0 Å². The minimum Gasteiger partial charge on any atom is -0.493 e. The van der Waals surface area contributed by atoms with Crippen molar-refractivity contribution in [3.63, 3.8) is 0 Å². The smallest absolute Gasteiger partial charge is 0.242 e. The van der Waals surface area contributed by atoms with E-state index in [1.165, 1.54) is 5.56 Å². The van der Waals surface area contributed by atoms with Gasteiger partial charge in [0.15, 0.2) is 11.5 Å². The van der Waals surface area contributed by atoms with E-state index in [9.17, 15) is 9.59 Å². The first kappa shape index (κ1) is 26.5. The number of amides is 2. The molecule has 0 unspecified atom stereocenters. The molecule has 0 saturated heterocycles. The Morgan fingerprint density at radius 2 is 1.85 bits per heavy atom. The summed E-state index contributed by atoms with van der Waals surface area (Å²) >= 11 is 1.65. The molecule has 0 aliphatic carbocycles. The molecule has 0 atom stereocenters. The maximum absolute atomic E-state index is 13.3. The molecule has 2 amide bonds. The van der Waals surface area contributed by atoms with Crippen molar-refractivity contribution in [2.24, 2.45) is 0 Å². The van der Waals surface area contributed by atoms with Gasteiger partial charge >= 0.3 is 0 Å². The highest BCUT2D eigenvalue weighted by Crippen LogP contribution is 2.28. The fraction of sp³-hybridized carbons (Fsp3) is 0.462. The van der Waals surface area contributed by atoms with E-state index in [2.05, 4.69) is 26.5 Å². The summed E-state index contributed by atoms with van der Waals surface area (Å²) in [5, 5.41) is 2.04. The summed E-state index contributed by atoms with van der Waals surface area (Å²) in [5.41, 5.74) is 2.22. The molecule has 33 heavy (non-hydrogen) atoms. The zero-order valence-corrected chi connectivity index (χ0v) is 21.1. The van der Waals surface area contributed by atoms with Gasteiger partial charge < -0.3 is 19.3 Å². The highest BCUT2D eigenvalue weighted by atomic mass is 32.1. The van der Waals surface area contributed by atoms with Gasteiger partial charge in [-0.1, -0.05) is 25.5 Å². The lowest BCUT2D eigenvalue weighted by Gasteiger charge is -2.27. The largest absolute Gasteiger partial charge is 0.493 e. The molecule has 0 N–H and O–H groups in total. The topological polar surface area (TPSA) is 59.1 Å². The lowest BCUT2D eigenvalue weighted by molar-refractivity contribution is -0.140. The maximum atomic E-state index is 13.3. The Balaban J connectivity index is 2.17. The predicted octanol–water partition coefficient (Wildman–Crippen LogP) is 4.85. The van der Waals surface area contributed by atoms with Crippen LogP contribution in [0.25, 0.3) is 0 Å². The Morgan fingerprint density at radius 1 is 1.09 bits per heavy atom. The molecule has 7 heteroatoms. The molecule has 0 fully saturated rings. The number of carbonyl (C=O) groups excluding carboxylic acids is 2. The number of hydrogen-bond acceptors (Lipinski definition) is 5. The zero-order chi connectivity index (χ0) is 24.2. The zero-order valence-electron chi connectivity index (χ0n) is 20.3. The summed E-state index contributed by atoms with van der Waals surface area (Å²) in [5.74, 6) is 1.28. The SMILES string of the molecule is C=CCN(CC(=O)N(CCc1ccc(OC)c(OC)c1)Cc1sccc1C)C(=O)CCCC. The van der Waals surface area contributed by atoms with Crippen LogP contribution >= 0.6 is 11.3 Å². The van der Waals surface area contributed by atoms with Gasteiger partial charge in [0.2, 0.25) is 11.8 Å². The summed E-state index contributed by atoms with van der Waals surface area (Å²) in [4.78, 5) is 30.6. The van der Waals surface area contributed by atoms with Crippen LogP contribution in [0.15, 0.2) is 42.3 Å². The minimum atomic E-state index is -0.0602. The van der Waals surface area contributed by atoms with Gasteiger partial charge in [-0.15, -0.1) is 17.9 Å². The van der Waals surface area contributed by atoms with Crippen LogP contribution in [-0.4, -0.2) is 55.5 Å². The Kier molecular flexibility index (Phi) is 11.0. The second-order valence-corrected chi connectivity index (χ2v) is 8.95. The molecule has 0 bridgehead atoms.